The number of benzene rings is 1. The molecule has 0 bridgehead atoms. The van der Waals surface area contributed by atoms with Crippen LogP contribution in [-0.4, -0.2) is 25.9 Å². The van der Waals surface area contributed by atoms with Crippen LogP contribution >= 0.6 is 0 Å². The molecule has 1 saturated heterocycles. The van der Waals surface area contributed by atoms with E-state index in [1.807, 2.05) is 0 Å². The summed E-state index contributed by atoms with van der Waals surface area (Å²) in [5.41, 5.74) is 2.59. The Morgan fingerprint density at radius 1 is 1.30 bits per heavy atom. The van der Waals surface area contributed by atoms with E-state index >= 15 is 0 Å². The molecule has 1 aliphatic heterocycles. The molecule has 0 radical (unpaired) electrons. The molecule has 0 aliphatic carbocycles. The van der Waals surface area contributed by atoms with Crippen molar-refractivity contribution in [3.05, 3.63) is 29.3 Å². The maximum atomic E-state index is 5.74. The summed E-state index contributed by atoms with van der Waals surface area (Å²) in [6.07, 6.45) is 0. The first-order chi connectivity index (χ1) is 9.23. The van der Waals surface area contributed by atoms with Crippen LogP contribution < -0.4 is 10.1 Å². The molecular weight excluding hydrogens is 250 g/mol. The molecule has 1 unspecified atom stereocenters. The highest BCUT2D eigenvalue weighted by Crippen LogP contribution is 2.34. The maximum absolute atomic E-state index is 5.74. The Morgan fingerprint density at radius 2 is 2.00 bits per heavy atom. The number of morpholine rings is 1. The highest BCUT2D eigenvalue weighted by atomic mass is 16.5. The second-order valence-electron chi connectivity index (χ2n) is 7.31. The Bertz CT molecular complexity index is 474. The fourth-order valence-electron chi connectivity index (χ4n) is 2.69. The zero-order valence-electron chi connectivity index (χ0n) is 13.5. The van der Waals surface area contributed by atoms with Crippen LogP contribution in [0.15, 0.2) is 18.2 Å². The lowest BCUT2D eigenvalue weighted by Crippen LogP contribution is -2.51. The second kappa shape index (κ2) is 5.38. The molecule has 1 aromatic carbocycles. The fraction of sp³-hybridized carbons (Fsp3) is 0.647. The average Bonchev–Trinajstić information content (AvgIpc) is 2.35. The Labute approximate surface area is 122 Å². The smallest absolute Gasteiger partial charge is 0.122 e. The van der Waals surface area contributed by atoms with E-state index in [1.54, 1.807) is 7.11 Å². The molecule has 1 aromatic rings. The van der Waals surface area contributed by atoms with Crippen molar-refractivity contribution >= 4 is 0 Å². The minimum absolute atomic E-state index is 0.0186. The molecule has 0 saturated carbocycles. The van der Waals surface area contributed by atoms with Crippen LogP contribution in [0.25, 0.3) is 0 Å². The van der Waals surface area contributed by atoms with E-state index in [0.717, 1.165) is 19.0 Å². The van der Waals surface area contributed by atoms with Gasteiger partial charge in [0.25, 0.3) is 0 Å². The highest BCUT2D eigenvalue weighted by Gasteiger charge is 2.29. The molecule has 1 N–H and O–H groups in total. The first-order valence-electron chi connectivity index (χ1n) is 7.27. The van der Waals surface area contributed by atoms with Crippen molar-refractivity contribution in [1.82, 2.24) is 5.32 Å². The number of hydrogen-bond donors (Lipinski definition) is 1. The predicted molar refractivity (Wildman–Crippen MR) is 82.5 cm³/mol. The van der Waals surface area contributed by atoms with Crippen molar-refractivity contribution in [2.45, 2.75) is 51.6 Å². The topological polar surface area (TPSA) is 30.5 Å². The van der Waals surface area contributed by atoms with Gasteiger partial charge in [-0.3, -0.25) is 0 Å². The quantitative estimate of drug-likeness (QED) is 0.898. The number of ether oxygens (including phenoxy) is 2. The summed E-state index contributed by atoms with van der Waals surface area (Å²) in [6.45, 7) is 12.5. The third-order valence-corrected chi connectivity index (χ3v) is 3.75. The van der Waals surface area contributed by atoms with E-state index < -0.39 is 0 Å². The SMILES string of the molecule is COc1ccc(C2COCC(C)(C)N2)cc1C(C)(C)C. The summed E-state index contributed by atoms with van der Waals surface area (Å²) < 4.78 is 11.2. The second-order valence-corrected chi connectivity index (χ2v) is 7.31. The normalized spacial score (nSPS) is 22.6. The van der Waals surface area contributed by atoms with Gasteiger partial charge in [0.15, 0.2) is 0 Å². The van der Waals surface area contributed by atoms with E-state index in [4.69, 9.17) is 9.47 Å². The lowest BCUT2D eigenvalue weighted by Gasteiger charge is -2.37. The first kappa shape index (κ1) is 15.3. The van der Waals surface area contributed by atoms with Gasteiger partial charge in [-0.25, -0.2) is 0 Å². The molecule has 2 rings (SSSR count). The lowest BCUT2D eigenvalue weighted by atomic mass is 9.84. The number of nitrogens with one attached hydrogen (secondary N) is 1. The summed E-state index contributed by atoms with van der Waals surface area (Å²) in [6, 6.07) is 6.70. The Hall–Kier alpha value is -1.06. The standard InChI is InChI=1S/C17H27NO2/c1-16(2,3)13-9-12(7-8-15(13)19-6)14-10-20-11-17(4,5)18-14/h7-9,14,18H,10-11H2,1-6H3. The maximum Gasteiger partial charge on any atom is 0.122 e. The van der Waals surface area contributed by atoms with Crippen molar-refractivity contribution in [3.8, 4) is 5.75 Å². The van der Waals surface area contributed by atoms with Gasteiger partial charge in [-0.15, -0.1) is 0 Å². The molecule has 112 valence electrons. The monoisotopic (exact) mass is 277 g/mol. The van der Waals surface area contributed by atoms with Gasteiger partial charge in [-0.05, 0) is 42.5 Å². The molecule has 20 heavy (non-hydrogen) atoms. The summed E-state index contributed by atoms with van der Waals surface area (Å²) in [4.78, 5) is 0. The number of methoxy groups -OCH3 is 1. The minimum atomic E-state index is 0.0186. The van der Waals surface area contributed by atoms with Gasteiger partial charge >= 0.3 is 0 Å². The summed E-state index contributed by atoms with van der Waals surface area (Å²) in [5.74, 6) is 0.956. The molecule has 3 nitrogen and oxygen atoms in total. The van der Waals surface area contributed by atoms with Crippen LogP contribution in [-0.2, 0) is 10.2 Å². The zero-order chi connectivity index (χ0) is 15.0. The molecule has 3 heteroatoms. The van der Waals surface area contributed by atoms with Gasteiger partial charge < -0.3 is 14.8 Å². The summed E-state index contributed by atoms with van der Waals surface area (Å²) in [7, 11) is 1.73. The molecule has 0 spiro atoms. The third kappa shape index (κ3) is 3.33. The van der Waals surface area contributed by atoms with Crippen LogP contribution in [0.3, 0.4) is 0 Å². The first-order valence-corrected chi connectivity index (χ1v) is 7.27. The molecular formula is C17H27NO2. The van der Waals surface area contributed by atoms with Gasteiger partial charge in [0, 0.05) is 5.54 Å². The van der Waals surface area contributed by atoms with E-state index in [2.05, 4.69) is 58.1 Å². The van der Waals surface area contributed by atoms with Crippen LogP contribution in [0.4, 0.5) is 0 Å². The van der Waals surface area contributed by atoms with Crippen molar-refractivity contribution in [1.29, 1.82) is 0 Å². The van der Waals surface area contributed by atoms with Crippen molar-refractivity contribution in [3.63, 3.8) is 0 Å². The van der Waals surface area contributed by atoms with E-state index in [1.165, 1.54) is 11.1 Å². The van der Waals surface area contributed by atoms with E-state index in [9.17, 15) is 0 Å². The van der Waals surface area contributed by atoms with Crippen molar-refractivity contribution in [2.75, 3.05) is 20.3 Å². The van der Waals surface area contributed by atoms with Gasteiger partial charge in [0.05, 0.1) is 26.4 Å². The number of hydrogen-bond acceptors (Lipinski definition) is 3. The summed E-state index contributed by atoms with van der Waals surface area (Å²) in [5, 5.41) is 3.66. The average molecular weight is 277 g/mol. The minimum Gasteiger partial charge on any atom is -0.496 e. The van der Waals surface area contributed by atoms with Gasteiger partial charge in [0.1, 0.15) is 5.75 Å². The highest BCUT2D eigenvalue weighted by molar-refractivity contribution is 5.42. The van der Waals surface area contributed by atoms with Crippen LogP contribution in [0.5, 0.6) is 5.75 Å². The lowest BCUT2D eigenvalue weighted by molar-refractivity contribution is 0.0127. The van der Waals surface area contributed by atoms with Gasteiger partial charge in [-0.1, -0.05) is 26.8 Å². The molecule has 1 fully saturated rings. The van der Waals surface area contributed by atoms with Crippen LogP contribution in [0, 0.1) is 0 Å². The third-order valence-electron chi connectivity index (χ3n) is 3.75. The Kier molecular flexibility index (Phi) is 4.12. The predicted octanol–water partition coefficient (Wildman–Crippen LogP) is 3.43. The molecule has 0 amide bonds. The molecule has 1 heterocycles. The van der Waals surface area contributed by atoms with Gasteiger partial charge in [-0.2, -0.15) is 0 Å². The fourth-order valence-corrected chi connectivity index (χ4v) is 2.69. The van der Waals surface area contributed by atoms with E-state index in [0.29, 0.717) is 0 Å². The summed E-state index contributed by atoms with van der Waals surface area (Å²) >= 11 is 0. The zero-order valence-corrected chi connectivity index (χ0v) is 13.5. The van der Waals surface area contributed by atoms with E-state index in [-0.39, 0.29) is 17.0 Å². The number of rotatable bonds is 2. The van der Waals surface area contributed by atoms with Crippen LogP contribution in [0.1, 0.15) is 51.8 Å². The largest absolute Gasteiger partial charge is 0.496 e. The molecule has 1 atom stereocenters. The van der Waals surface area contributed by atoms with Crippen LogP contribution in [0.2, 0.25) is 0 Å². The molecule has 1 aliphatic rings. The van der Waals surface area contributed by atoms with Gasteiger partial charge in [0.2, 0.25) is 0 Å². The molecule has 0 aromatic heterocycles. The Balaban J connectivity index is 2.34. The Morgan fingerprint density at radius 3 is 2.55 bits per heavy atom. The van der Waals surface area contributed by atoms with Crippen molar-refractivity contribution < 1.29 is 9.47 Å². The van der Waals surface area contributed by atoms with Crippen molar-refractivity contribution in [2.24, 2.45) is 0 Å².